The van der Waals surface area contributed by atoms with Crippen LogP contribution < -0.4 is 0 Å². The summed E-state index contributed by atoms with van der Waals surface area (Å²) in [5.74, 6) is -1.02. The van der Waals surface area contributed by atoms with Crippen molar-refractivity contribution >= 4 is 11.8 Å². The zero-order valence-corrected chi connectivity index (χ0v) is 8.42. The van der Waals surface area contributed by atoms with E-state index in [1.165, 1.54) is 0 Å². The number of aliphatic hydroxyl groups is 1. The molecule has 2 bridgehead atoms. The Hall–Kier alpha value is -1.20. The van der Waals surface area contributed by atoms with Crippen LogP contribution in [0.3, 0.4) is 0 Å². The van der Waals surface area contributed by atoms with Crippen LogP contribution in [0.15, 0.2) is 12.2 Å². The number of carbonyl (C=O) groups excluding carboxylic acids is 2. The van der Waals surface area contributed by atoms with Gasteiger partial charge in [0.25, 0.3) is 5.91 Å². The summed E-state index contributed by atoms with van der Waals surface area (Å²) in [5.41, 5.74) is 0. The molecule has 2 heterocycles. The van der Waals surface area contributed by atoms with Gasteiger partial charge in [0.05, 0.1) is 25.2 Å². The second-order valence-corrected chi connectivity index (χ2v) is 3.75. The largest absolute Gasteiger partial charge is 0.395 e. The van der Waals surface area contributed by atoms with E-state index in [4.69, 9.17) is 9.84 Å². The molecule has 2 aliphatic heterocycles. The lowest BCUT2D eigenvalue weighted by molar-refractivity contribution is -0.147. The summed E-state index contributed by atoms with van der Waals surface area (Å²) < 4.78 is 5.39. The lowest BCUT2D eigenvalue weighted by atomic mass is 10.0. The minimum absolute atomic E-state index is 0.0441. The third-order valence-electron chi connectivity index (χ3n) is 2.76. The molecule has 2 rings (SSSR count). The zero-order valence-electron chi connectivity index (χ0n) is 8.42. The summed E-state index contributed by atoms with van der Waals surface area (Å²) in [6, 6.07) is 0. The van der Waals surface area contributed by atoms with E-state index in [1.807, 2.05) is 0 Å². The van der Waals surface area contributed by atoms with Gasteiger partial charge in [0.2, 0.25) is 5.91 Å². The van der Waals surface area contributed by atoms with Gasteiger partial charge in [0.15, 0.2) is 6.10 Å². The number of fused-ring (bicyclic) bond motifs is 2. The molecule has 5 nitrogen and oxygen atoms in total. The Morgan fingerprint density at radius 3 is 2.80 bits per heavy atom. The molecule has 0 radical (unpaired) electrons. The smallest absolute Gasteiger partial charge is 0.262 e. The van der Waals surface area contributed by atoms with Crippen LogP contribution in [0.25, 0.3) is 0 Å². The Kier molecular flexibility index (Phi) is 2.58. The molecule has 3 atom stereocenters. The number of hydrogen-bond acceptors (Lipinski definition) is 4. The van der Waals surface area contributed by atoms with Crippen molar-refractivity contribution in [2.24, 2.45) is 5.92 Å². The Morgan fingerprint density at radius 2 is 2.13 bits per heavy atom. The summed E-state index contributed by atoms with van der Waals surface area (Å²) in [6.45, 7) is 1.55. The van der Waals surface area contributed by atoms with Crippen LogP contribution in [0.4, 0.5) is 0 Å². The van der Waals surface area contributed by atoms with Crippen LogP contribution in [-0.2, 0) is 14.3 Å². The van der Waals surface area contributed by atoms with Gasteiger partial charge >= 0.3 is 0 Å². The van der Waals surface area contributed by atoms with Gasteiger partial charge in [-0.15, -0.1) is 0 Å². The van der Waals surface area contributed by atoms with E-state index in [0.717, 1.165) is 4.90 Å². The monoisotopic (exact) mass is 211 g/mol. The molecule has 5 heteroatoms. The topological polar surface area (TPSA) is 66.8 Å². The standard InChI is InChI=1S/C10H13NO4/c1-6-7-2-3-8(15-7)10(14)11(4-5-12)9(6)13/h2-3,6-8,12H,4-5H2,1H3/t6-,7?,8?/m0/s1. The Labute approximate surface area is 87.3 Å². The minimum atomic E-state index is -0.657. The summed E-state index contributed by atoms with van der Waals surface area (Å²) in [7, 11) is 0. The molecule has 1 saturated heterocycles. The fourth-order valence-electron chi connectivity index (χ4n) is 1.86. The summed E-state index contributed by atoms with van der Waals surface area (Å²) in [5, 5.41) is 8.80. The fourth-order valence-corrected chi connectivity index (χ4v) is 1.86. The normalized spacial score (nSPS) is 34.8. The van der Waals surface area contributed by atoms with Crippen molar-refractivity contribution in [3.05, 3.63) is 12.2 Å². The first-order valence-corrected chi connectivity index (χ1v) is 4.95. The van der Waals surface area contributed by atoms with Crippen LogP contribution in [0.1, 0.15) is 6.92 Å². The molecule has 0 aromatic carbocycles. The molecular weight excluding hydrogens is 198 g/mol. The molecule has 2 aliphatic rings. The van der Waals surface area contributed by atoms with Gasteiger partial charge in [0.1, 0.15) is 0 Å². The molecule has 82 valence electrons. The quantitative estimate of drug-likeness (QED) is 0.485. The number of β-amino-alcohol motifs (C(OH)–C–C–N with tert-alkyl or cyclic N) is 1. The Bertz CT molecular complexity index is 325. The number of rotatable bonds is 2. The molecule has 2 unspecified atom stereocenters. The number of aliphatic hydroxyl groups excluding tert-OH is 1. The maximum atomic E-state index is 11.8. The SMILES string of the molecule is C[C@@H]1C(=O)N(CCO)C(=O)C2C=CC1O2. The predicted molar refractivity (Wildman–Crippen MR) is 50.8 cm³/mol. The van der Waals surface area contributed by atoms with Gasteiger partial charge in [-0.1, -0.05) is 13.0 Å². The first-order valence-electron chi connectivity index (χ1n) is 4.95. The molecular formula is C10H13NO4. The highest BCUT2D eigenvalue weighted by Crippen LogP contribution is 2.26. The maximum Gasteiger partial charge on any atom is 0.262 e. The first-order chi connectivity index (χ1) is 7.15. The van der Waals surface area contributed by atoms with E-state index < -0.39 is 6.10 Å². The number of ether oxygens (including phenoxy) is 1. The highest BCUT2D eigenvalue weighted by atomic mass is 16.5. The number of hydrogen-bond donors (Lipinski definition) is 1. The number of amides is 2. The van der Waals surface area contributed by atoms with Crippen molar-refractivity contribution in [3.63, 3.8) is 0 Å². The van der Waals surface area contributed by atoms with Crippen molar-refractivity contribution in [2.75, 3.05) is 13.2 Å². The summed E-state index contributed by atoms with van der Waals surface area (Å²) >= 11 is 0. The molecule has 0 aromatic rings. The lowest BCUT2D eigenvalue weighted by Gasteiger charge is -2.22. The maximum absolute atomic E-state index is 11.8. The highest BCUT2D eigenvalue weighted by molar-refractivity contribution is 6.00. The molecule has 1 N–H and O–H groups in total. The van der Waals surface area contributed by atoms with Crippen LogP contribution in [0.2, 0.25) is 0 Å². The molecule has 0 saturated carbocycles. The van der Waals surface area contributed by atoms with Gasteiger partial charge in [-0.3, -0.25) is 14.5 Å². The van der Waals surface area contributed by atoms with E-state index in [-0.39, 0.29) is 37.0 Å². The average molecular weight is 211 g/mol. The van der Waals surface area contributed by atoms with Crippen LogP contribution in [0.5, 0.6) is 0 Å². The zero-order chi connectivity index (χ0) is 11.0. The highest BCUT2D eigenvalue weighted by Gasteiger charge is 2.42. The van der Waals surface area contributed by atoms with E-state index in [1.54, 1.807) is 19.1 Å². The molecule has 1 fully saturated rings. The van der Waals surface area contributed by atoms with Crippen molar-refractivity contribution in [1.82, 2.24) is 4.90 Å². The third-order valence-corrected chi connectivity index (χ3v) is 2.76. The predicted octanol–water partition coefficient (Wildman–Crippen LogP) is -0.693. The van der Waals surface area contributed by atoms with Crippen LogP contribution in [0, 0.1) is 5.92 Å². The number of imide groups is 1. The Morgan fingerprint density at radius 1 is 1.40 bits per heavy atom. The van der Waals surface area contributed by atoms with Gasteiger partial charge in [-0.25, -0.2) is 0 Å². The molecule has 0 spiro atoms. The molecule has 15 heavy (non-hydrogen) atoms. The van der Waals surface area contributed by atoms with E-state index in [0.29, 0.717) is 0 Å². The van der Waals surface area contributed by atoms with Gasteiger partial charge in [-0.05, 0) is 6.08 Å². The van der Waals surface area contributed by atoms with Crippen molar-refractivity contribution < 1.29 is 19.4 Å². The van der Waals surface area contributed by atoms with Gasteiger partial charge in [-0.2, -0.15) is 0 Å². The molecule has 2 amide bonds. The number of carbonyl (C=O) groups is 2. The van der Waals surface area contributed by atoms with Crippen molar-refractivity contribution in [3.8, 4) is 0 Å². The number of nitrogens with zero attached hydrogens (tertiary/aromatic N) is 1. The second kappa shape index (κ2) is 3.75. The van der Waals surface area contributed by atoms with Crippen molar-refractivity contribution in [2.45, 2.75) is 19.1 Å². The average Bonchev–Trinajstić information content (AvgIpc) is 2.69. The Balaban J connectivity index is 2.28. The van der Waals surface area contributed by atoms with Gasteiger partial charge in [0, 0.05) is 0 Å². The lowest BCUT2D eigenvalue weighted by Crippen LogP contribution is -2.44. The van der Waals surface area contributed by atoms with Crippen LogP contribution >= 0.6 is 0 Å². The van der Waals surface area contributed by atoms with Crippen molar-refractivity contribution in [1.29, 1.82) is 0 Å². The fraction of sp³-hybridized carbons (Fsp3) is 0.600. The summed E-state index contributed by atoms with van der Waals surface area (Å²) in [4.78, 5) is 24.7. The first kappa shape index (κ1) is 10.3. The van der Waals surface area contributed by atoms with E-state index in [2.05, 4.69) is 0 Å². The van der Waals surface area contributed by atoms with Gasteiger partial charge < -0.3 is 9.84 Å². The minimum Gasteiger partial charge on any atom is -0.395 e. The van der Waals surface area contributed by atoms with E-state index >= 15 is 0 Å². The van der Waals surface area contributed by atoms with E-state index in [9.17, 15) is 9.59 Å². The molecule has 0 aromatic heterocycles. The summed E-state index contributed by atoms with van der Waals surface area (Å²) in [6.07, 6.45) is 2.45. The van der Waals surface area contributed by atoms with Crippen LogP contribution in [-0.4, -0.2) is 47.2 Å². The molecule has 0 aliphatic carbocycles. The second-order valence-electron chi connectivity index (χ2n) is 3.75. The third kappa shape index (κ3) is 1.57.